The molecule has 0 aliphatic carbocycles. The Morgan fingerprint density at radius 3 is 0.767 bits per heavy atom. The molecule has 2 aromatic carbocycles. The lowest BCUT2D eigenvalue weighted by atomic mass is 9.83. The van der Waals surface area contributed by atoms with E-state index in [0.29, 0.717) is 72.8 Å². The molecule has 0 fully saturated rings. The van der Waals surface area contributed by atoms with Crippen molar-refractivity contribution >= 4 is 53.2 Å². The monoisotopic (exact) mass is 1750 g/mol. The van der Waals surface area contributed by atoms with Gasteiger partial charge in [-0.2, -0.15) is 23.5 Å². The number of carbonyl (C=O) groups is 5. The lowest BCUT2D eigenvalue weighted by Crippen LogP contribution is -2.30. The molecule has 0 aliphatic heterocycles. The van der Waals surface area contributed by atoms with E-state index in [2.05, 4.69) is 99.6 Å². The Bertz CT molecular complexity index is 2250. The minimum atomic E-state index is -0.521. The van der Waals surface area contributed by atoms with E-state index in [-0.39, 0.29) is 133 Å². The van der Waals surface area contributed by atoms with Crippen molar-refractivity contribution in [2.75, 3.05) is 49.4 Å². The summed E-state index contributed by atoms with van der Waals surface area (Å²) in [5.74, 6) is 4.26. The van der Waals surface area contributed by atoms with E-state index < -0.39 is 21.7 Å². The predicted octanol–water partition coefficient (Wildman–Crippen LogP) is 38.0. The highest BCUT2D eigenvalue weighted by Crippen LogP contribution is 2.29. The normalized spacial score (nSPS) is 10.8. The first-order valence-electron chi connectivity index (χ1n) is 43.7. The van der Waals surface area contributed by atoms with Gasteiger partial charge in [0.05, 0.1) is 34.9 Å². The quantitative estimate of drug-likeness (QED) is 0.0383. The van der Waals surface area contributed by atoms with Gasteiger partial charge in [0.2, 0.25) is 0 Å². The van der Waals surface area contributed by atoms with Crippen molar-refractivity contribution in [3.63, 3.8) is 0 Å². The predicted molar refractivity (Wildman–Crippen MR) is 557 cm³/mol. The number of carbonyl (C=O) groups excluding carboxylic acids is 5. The fourth-order valence-corrected chi connectivity index (χ4v) is 13.1. The van der Waals surface area contributed by atoms with Crippen LogP contribution < -0.4 is 0 Å². The van der Waals surface area contributed by atoms with E-state index in [9.17, 15) is 24.0 Å². The summed E-state index contributed by atoms with van der Waals surface area (Å²) in [5.41, 5.74) is 0.751. The molecule has 0 aromatic heterocycles. The highest BCUT2D eigenvalue weighted by molar-refractivity contribution is 7.99. The van der Waals surface area contributed by atoms with Gasteiger partial charge in [0, 0.05) is 34.8 Å². The van der Waals surface area contributed by atoms with Crippen molar-refractivity contribution in [1.82, 2.24) is 0 Å². The Labute approximate surface area is 768 Å². The van der Waals surface area contributed by atoms with Crippen LogP contribution in [0.3, 0.4) is 0 Å². The molecule has 2 rings (SSSR count). The van der Waals surface area contributed by atoms with Crippen molar-refractivity contribution in [1.29, 1.82) is 0 Å². The SMILES string of the molecule is C.C.C.C.C.C.C.C.C.C.C.C.C.C.CCC(C)c1ccc(O)cc1.CCC(C)c1ccccc1.CCCCCCC(=O)C(C)(C)CC.CCCCCCCCCCCCCCCCCCOC(=O)C(C)(C)CSCCOC(=O)C(C)(C)CC.CCCCCCCCCCCCCCCCCCOC(=O)C(C)(C)CSCCOC(=O)C(C)(C)CC. The number of hydrogen-bond acceptors (Lipinski definition) is 12. The third-order valence-electron chi connectivity index (χ3n) is 21.2. The summed E-state index contributed by atoms with van der Waals surface area (Å²) < 4.78 is 21.8. The summed E-state index contributed by atoms with van der Waals surface area (Å²) in [6, 6.07) is 18.1. The largest absolute Gasteiger partial charge is 0.508 e. The Morgan fingerprint density at radius 2 is 0.517 bits per heavy atom. The van der Waals surface area contributed by atoms with Crippen molar-refractivity contribution in [2.24, 2.45) is 27.1 Å². The van der Waals surface area contributed by atoms with Gasteiger partial charge in [-0.1, -0.05) is 441 Å². The van der Waals surface area contributed by atoms with Gasteiger partial charge in [-0.15, -0.1) is 0 Å². The van der Waals surface area contributed by atoms with Crippen molar-refractivity contribution in [3.05, 3.63) is 65.7 Å². The lowest BCUT2D eigenvalue weighted by molar-refractivity contribution is -0.154. The van der Waals surface area contributed by atoms with Crippen molar-refractivity contribution < 1.29 is 48.0 Å². The lowest BCUT2D eigenvalue weighted by Gasteiger charge is -2.23. The molecule has 0 spiro atoms. The van der Waals surface area contributed by atoms with Crippen LogP contribution in [0.4, 0.5) is 0 Å². The standard InChI is InChI=1S/2C31H60O4S.C12H24O.C10H14O.C10H14.14CH4/c2*1-7-9-10-11-12-13-14-15-16-17-18-19-20-21-22-23-24-34-29(33)31(5,6)27-36-26-25-35-28(32)30(3,4)8-2;1-5-7-8-9-10-11(13)12(3,4)6-2;1-3-8(2)9-4-6-10(11)7-5-9;1-3-9(2)10-7-5-4-6-8-10;;;;;;;;;;;;;;/h2*7-27H2,1-6H3;5-10H2,1-4H3;4-8,11H,3H2,1-2H3;4-9H,3H2,1-2H3;14*1H4. The van der Waals surface area contributed by atoms with Gasteiger partial charge >= 0.3 is 23.9 Å². The number of rotatable bonds is 61. The molecule has 0 aliphatic rings. The van der Waals surface area contributed by atoms with Crippen LogP contribution in [0.5, 0.6) is 5.75 Å². The second-order valence-electron chi connectivity index (χ2n) is 33.6. The fraction of sp³-hybridized carbons (Fsp3) is 0.843. The number of aromatic hydroxyl groups is 1. The smallest absolute Gasteiger partial charge is 0.312 e. The number of phenolic OH excluding ortho intramolecular Hbond substituents is 1. The van der Waals surface area contributed by atoms with Crippen LogP contribution in [-0.4, -0.2) is 84.2 Å². The minimum Gasteiger partial charge on any atom is -0.508 e. The van der Waals surface area contributed by atoms with Crippen molar-refractivity contribution in [2.45, 2.75) is 524 Å². The fourth-order valence-electron chi connectivity index (χ4n) is 11.2. The average Bonchev–Trinajstić information content (AvgIpc) is 0.862. The molecular weight excluding hydrogens is 1520 g/mol. The van der Waals surface area contributed by atoms with E-state index >= 15 is 0 Å². The first-order chi connectivity index (χ1) is 50.5. The van der Waals surface area contributed by atoms with Gasteiger partial charge in [-0.25, -0.2) is 0 Å². The Hall–Kier alpha value is -3.51. The molecule has 10 nitrogen and oxygen atoms in total. The molecule has 0 heterocycles. The topological polar surface area (TPSA) is 143 Å². The number of esters is 4. The van der Waals surface area contributed by atoms with Crippen LogP contribution in [0.15, 0.2) is 54.6 Å². The van der Waals surface area contributed by atoms with Gasteiger partial charge < -0.3 is 24.1 Å². The summed E-state index contributed by atoms with van der Waals surface area (Å²) in [6.45, 7) is 42.9. The number of unbranched alkanes of at least 4 members (excludes halogenated alkanes) is 33. The Kier molecular flexibility index (Phi) is 134. The molecule has 2 aromatic rings. The number of phenols is 1. The third-order valence-corrected chi connectivity index (χ3v) is 24.0. The summed E-state index contributed by atoms with van der Waals surface area (Å²) in [4.78, 5) is 60.5. The van der Waals surface area contributed by atoms with Gasteiger partial charge in [-0.05, 0) is 142 Å². The van der Waals surface area contributed by atoms with Crippen LogP contribution >= 0.6 is 23.5 Å². The molecule has 0 radical (unpaired) electrons. The second kappa shape index (κ2) is 103. The number of hydrogen-bond donors (Lipinski definition) is 1. The van der Waals surface area contributed by atoms with Crippen LogP contribution in [0, 0.1) is 27.1 Å². The second-order valence-corrected chi connectivity index (χ2v) is 35.8. The molecule has 0 bridgehead atoms. The number of ether oxygens (including phenoxy) is 4. The maximum atomic E-state index is 12.4. The average molecular weight is 1750 g/mol. The molecule has 2 unspecified atom stereocenters. The summed E-state index contributed by atoms with van der Waals surface area (Å²) >= 11 is 3.27. The molecule has 12 heteroatoms. The van der Waals surface area contributed by atoms with E-state index in [1.165, 1.54) is 217 Å². The van der Waals surface area contributed by atoms with Crippen LogP contribution in [-0.2, 0) is 42.9 Å². The van der Waals surface area contributed by atoms with E-state index in [1.54, 1.807) is 35.7 Å². The van der Waals surface area contributed by atoms with Gasteiger partial charge in [-0.3, -0.25) is 24.0 Å². The van der Waals surface area contributed by atoms with Gasteiger partial charge in [0.1, 0.15) is 24.7 Å². The van der Waals surface area contributed by atoms with E-state index in [4.69, 9.17) is 24.1 Å². The molecule has 2 atom stereocenters. The highest BCUT2D eigenvalue weighted by atomic mass is 32.2. The number of benzene rings is 2. The zero-order valence-corrected chi connectivity index (χ0v) is 74.8. The highest BCUT2D eigenvalue weighted by Gasteiger charge is 2.32. The van der Waals surface area contributed by atoms with Crippen LogP contribution in [0.1, 0.15) is 535 Å². The third kappa shape index (κ3) is 90.7. The molecule has 732 valence electrons. The number of Topliss-reactive ketones (excluding diaryl/α,β-unsaturated/α-hetero) is 1. The molecule has 1 N–H and O–H groups in total. The van der Waals surface area contributed by atoms with Crippen LogP contribution in [0.25, 0.3) is 0 Å². The zero-order chi connectivity index (χ0) is 80.2. The Morgan fingerprint density at radius 1 is 0.292 bits per heavy atom. The maximum absolute atomic E-state index is 12.4. The zero-order valence-electron chi connectivity index (χ0n) is 73.1. The first-order valence-corrected chi connectivity index (χ1v) is 46.0. The van der Waals surface area contributed by atoms with Gasteiger partial charge in [0.25, 0.3) is 0 Å². The molecule has 120 heavy (non-hydrogen) atoms. The molecule has 0 saturated carbocycles. The summed E-state index contributed by atoms with van der Waals surface area (Å²) in [5, 5.41) is 9.01. The minimum absolute atomic E-state index is 0. The summed E-state index contributed by atoms with van der Waals surface area (Å²) in [7, 11) is 0. The molecule has 0 amide bonds. The van der Waals surface area contributed by atoms with Crippen LogP contribution in [0.2, 0.25) is 0 Å². The number of ketones is 1. The maximum Gasteiger partial charge on any atom is 0.312 e. The molecule has 0 saturated heterocycles. The summed E-state index contributed by atoms with van der Waals surface area (Å²) in [6.07, 6.45) is 53.3. The molecular formula is C108H228O10S2. The van der Waals surface area contributed by atoms with E-state index in [0.717, 1.165) is 64.2 Å². The van der Waals surface area contributed by atoms with E-state index in [1.807, 2.05) is 81.4 Å². The van der Waals surface area contributed by atoms with Crippen molar-refractivity contribution in [3.8, 4) is 5.75 Å². The Balaban J connectivity index is -0.0000000781. The first kappa shape index (κ1) is 157. The van der Waals surface area contributed by atoms with Gasteiger partial charge in [0.15, 0.2) is 0 Å². The number of thioether (sulfide) groups is 2.